The summed E-state index contributed by atoms with van der Waals surface area (Å²) in [6.45, 7) is 0. The first-order chi connectivity index (χ1) is 6.72. The van der Waals surface area contributed by atoms with E-state index >= 15 is 0 Å². The van der Waals surface area contributed by atoms with Crippen LogP contribution in [0.5, 0.6) is 0 Å². The van der Waals surface area contributed by atoms with E-state index in [0.29, 0.717) is 0 Å². The lowest BCUT2D eigenvalue weighted by molar-refractivity contribution is -0.743. The van der Waals surface area contributed by atoms with Gasteiger partial charge in [-0.1, -0.05) is 0 Å². The second-order valence-electron chi connectivity index (χ2n) is 3.04. The number of fused-ring (bicyclic) bond motifs is 2. The quantitative estimate of drug-likeness (QED) is 0.501. The van der Waals surface area contributed by atoms with Crippen molar-refractivity contribution in [3.63, 3.8) is 0 Å². The first kappa shape index (κ1) is 8.79. The molecular weight excluding hydrogens is 310 g/mol. The van der Waals surface area contributed by atoms with Crippen LogP contribution in [0.15, 0.2) is 33.7 Å². The predicted octanol–water partition coefficient (Wildman–Crippen LogP) is -0.436. The summed E-state index contributed by atoms with van der Waals surface area (Å²) in [7, 11) is 3.96. The van der Waals surface area contributed by atoms with Crippen LogP contribution in [0.25, 0.3) is 0 Å². The molecule has 8 heteroatoms. The lowest BCUT2D eigenvalue weighted by Crippen LogP contribution is -2.72. The molecule has 2 aromatic heterocycles. The van der Waals surface area contributed by atoms with Crippen LogP contribution >= 0.6 is 31.9 Å². The van der Waals surface area contributed by atoms with Crippen molar-refractivity contribution in [1.29, 1.82) is 0 Å². The first-order valence-corrected chi connectivity index (χ1v) is 5.58. The Morgan fingerprint density at radius 3 is 2.00 bits per heavy atom. The van der Waals surface area contributed by atoms with Gasteiger partial charge in [0.25, 0.3) is 0 Å². The molecule has 4 nitrogen and oxygen atoms in total. The average molecular weight is 314 g/mol. The molecule has 14 heavy (non-hydrogen) atoms. The number of nitrogens with zero attached hydrogens (tertiary/aromatic N) is 4. The number of hydrogen-bond acceptors (Lipinski definition) is 0. The van der Waals surface area contributed by atoms with Gasteiger partial charge < -0.3 is 0 Å². The minimum absolute atomic E-state index is 1.05. The van der Waals surface area contributed by atoms with E-state index in [4.69, 9.17) is 0 Å². The van der Waals surface area contributed by atoms with Gasteiger partial charge in [0.05, 0.1) is 12.4 Å². The summed E-state index contributed by atoms with van der Waals surface area (Å²) in [4.78, 5) is 0. The van der Waals surface area contributed by atoms with Crippen LogP contribution in [0.2, 0.25) is 0 Å². The first-order valence-electron chi connectivity index (χ1n) is 4.00. The topological polar surface area (TPSA) is 17.6 Å². The molecule has 3 rings (SSSR count). The molecule has 0 bridgehead atoms. The largest absolute Gasteiger partial charge is 1.04 e. The van der Waals surface area contributed by atoms with Crippen LogP contribution in [0.3, 0.4) is 0 Å². The van der Waals surface area contributed by atoms with Crippen LogP contribution in [0, 0.1) is 0 Å². The molecule has 0 N–H and O–H groups in total. The normalized spacial score (nSPS) is 12.7. The second kappa shape index (κ2) is 3.00. The molecule has 0 amide bonds. The van der Waals surface area contributed by atoms with Crippen molar-refractivity contribution < 1.29 is 9.19 Å². The Kier molecular flexibility index (Phi) is 1.88. The number of hydrogen-bond donors (Lipinski definition) is 0. The summed E-state index contributed by atoms with van der Waals surface area (Å²) in [5, 5.41) is 0. The Bertz CT molecular complexity index is 421. The van der Waals surface area contributed by atoms with Gasteiger partial charge in [0.1, 0.15) is 8.95 Å². The smallest absolute Gasteiger partial charge is 0.199 e. The van der Waals surface area contributed by atoms with Crippen molar-refractivity contribution >= 4 is 47.0 Å². The van der Waals surface area contributed by atoms with Gasteiger partial charge >= 0.3 is 15.1 Å². The van der Waals surface area contributed by atoms with E-state index < -0.39 is 0 Å². The van der Waals surface area contributed by atoms with Gasteiger partial charge in [0.15, 0.2) is 12.4 Å². The zero-order valence-electron chi connectivity index (χ0n) is 7.01. The Morgan fingerprint density at radius 1 is 1.00 bits per heavy atom. The summed E-state index contributed by atoms with van der Waals surface area (Å²) >= 11 is 6.86. The molecule has 0 unspecified atom stereocenters. The monoisotopic (exact) mass is 312 g/mol. The Morgan fingerprint density at radius 2 is 1.50 bits per heavy atom. The number of aromatic nitrogens is 4. The zero-order chi connectivity index (χ0) is 9.71. The van der Waals surface area contributed by atoms with Gasteiger partial charge in [0, 0.05) is 0 Å². The Hall–Kier alpha value is -0.490. The van der Waals surface area contributed by atoms with E-state index in [0.717, 1.165) is 8.95 Å². The molecule has 0 fully saturated rings. The van der Waals surface area contributed by atoms with Crippen LogP contribution in [0.1, 0.15) is 0 Å². The van der Waals surface area contributed by atoms with E-state index in [1.54, 1.807) is 0 Å². The molecule has 0 aliphatic carbocycles. The second-order valence-corrected chi connectivity index (χ2v) is 4.87. The molecule has 3 heterocycles. The van der Waals surface area contributed by atoms with Crippen molar-refractivity contribution in [2.24, 2.45) is 0 Å². The summed E-state index contributed by atoms with van der Waals surface area (Å²) in [6.07, 6.45) is 7.98. The Balaban J connectivity index is 2.10. The minimum atomic E-state index is 1.05. The van der Waals surface area contributed by atoms with Crippen molar-refractivity contribution in [3.05, 3.63) is 33.7 Å². The van der Waals surface area contributed by atoms with Crippen LogP contribution in [-0.2, 0) is 0 Å². The third kappa shape index (κ3) is 1.28. The van der Waals surface area contributed by atoms with E-state index in [1.807, 2.05) is 58.3 Å². The van der Waals surface area contributed by atoms with Gasteiger partial charge in [-0.15, -0.1) is 9.19 Å². The molecule has 1 aliphatic heterocycles. The molecule has 66 valence electrons. The third-order valence-electron chi connectivity index (χ3n) is 2.03. The fourth-order valence-corrected chi connectivity index (χ4v) is 2.29. The standard InChI is InChI=1S/C6H4B2Br2N4/c9-5-1-11-7-13-3-6(10)4-14(13)8-12(11)2-5/h1-4H/q+2. The SMILES string of the molecule is Brc1cn2[n+](c1)[B][n+]1cc(Br)cn1[B]2. The fraction of sp³-hybridized carbons (Fsp3) is 0. The summed E-state index contributed by atoms with van der Waals surface area (Å²) in [6, 6.07) is 0. The molecule has 2 radical (unpaired) electrons. The van der Waals surface area contributed by atoms with Crippen LogP contribution in [0.4, 0.5) is 0 Å². The molecular formula is C6H4B2Br2N4+2. The lowest BCUT2D eigenvalue weighted by Gasteiger charge is -2.02. The van der Waals surface area contributed by atoms with Crippen molar-refractivity contribution in [2.45, 2.75) is 0 Å². The fourth-order valence-electron chi connectivity index (χ4n) is 1.45. The Labute approximate surface area is 98.9 Å². The van der Waals surface area contributed by atoms with Gasteiger partial charge in [0.2, 0.25) is 0 Å². The van der Waals surface area contributed by atoms with Gasteiger partial charge in [-0.2, -0.15) is 9.19 Å². The van der Waals surface area contributed by atoms with Gasteiger partial charge in [-0.25, -0.2) is 0 Å². The highest BCUT2D eigenvalue weighted by molar-refractivity contribution is 9.10. The summed E-state index contributed by atoms with van der Waals surface area (Å²) in [5.41, 5.74) is 0. The molecule has 0 spiro atoms. The van der Waals surface area contributed by atoms with E-state index in [9.17, 15) is 0 Å². The zero-order valence-corrected chi connectivity index (χ0v) is 10.2. The molecule has 0 atom stereocenters. The molecule has 0 aromatic carbocycles. The van der Waals surface area contributed by atoms with Crippen molar-refractivity contribution in [3.8, 4) is 0 Å². The van der Waals surface area contributed by atoms with Gasteiger partial charge in [-0.3, -0.25) is 0 Å². The maximum atomic E-state index is 3.43. The average Bonchev–Trinajstić information content (AvgIpc) is 2.59. The molecule has 0 saturated carbocycles. The number of rotatable bonds is 0. The highest BCUT2D eigenvalue weighted by Crippen LogP contribution is 2.07. The highest BCUT2D eigenvalue weighted by Gasteiger charge is 2.40. The summed E-state index contributed by atoms with van der Waals surface area (Å²) in [5.74, 6) is 0. The van der Waals surface area contributed by atoms with E-state index in [-0.39, 0.29) is 0 Å². The maximum Gasteiger partial charge on any atom is 1.04 e. The lowest BCUT2D eigenvalue weighted by atomic mass is 10.1. The van der Waals surface area contributed by atoms with Crippen LogP contribution < -0.4 is 9.19 Å². The van der Waals surface area contributed by atoms with Crippen molar-refractivity contribution in [1.82, 2.24) is 9.19 Å². The molecule has 2 aromatic rings. The highest BCUT2D eigenvalue weighted by atomic mass is 79.9. The minimum Gasteiger partial charge on any atom is -0.199 e. The molecule has 1 aliphatic rings. The van der Waals surface area contributed by atoms with E-state index in [1.165, 1.54) is 0 Å². The van der Waals surface area contributed by atoms with Gasteiger partial charge in [-0.05, 0) is 31.9 Å². The molecule has 0 saturated heterocycles. The van der Waals surface area contributed by atoms with Crippen LogP contribution in [-0.4, -0.2) is 24.3 Å². The third-order valence-corrected chi connectivity index (χ3v) is 2.85. The van der Waals surface area contributed by atoms with Crippen molar-refractivity contribution in [2.75, 3.05) is 0 Å². The number of halogens is 2. The summed E-state index contributed by atoms with van der Waals surface area (Å²) < 4.78 is 10.0. The maximum absolute atomic E-state index is 3.43. The predicted molar refractivity (Wildman–Crippen MR) is 57.8 cm³/mol. The van der Waals surface area contributed by atoms with E-state index in [2.05, 4.69) is 31.9 Å².